The zero-order valence-corrected chi connectivity index (χ0v) is 17.6. The van der Waals surface area contributed by atoms with E-state index in [9.17, 15) is 14.0 Å². The van der Waals surface area contributed by atoms with Gasteiger partial charge in [0.25, 0.3) is 5.91 Å². The van der Waals surface area contributed by atoms with Gasteiger partial charge in [-0.1, -0.05) is 12.1 Å². The maximum absolute atomic E-state index is 14.4. The third kappa shape index (κ3) is 3.55. The molecule has 0 radical (unpaired) electrons. The Labute approximate surface area is 176 Å². The second kappa shape index (κ2) is 8.45. The molecule has 0 saturated carbocycles. The van der Waals surface area contributed by atoms with E-state index in [1.54, 1.807) is 37.6 Å². The normalized spacial score (nSPS) is 16.0. The second-order valence-corrected chi connectivity index (χ2v) is 7.72. The van der Waals surface area contributed by atoms with Gasteiger partial charge in [0.05, 0.1) is 0 Å². The zero-order valence-electron chi connectivity index (χ0n) is 17.6. The van der Waals surface area contributed by atoms with Crippen LogP contribution >= 0.6 is 0 Å². The largest absolute Gasteiger partial charge is 0.334 e. The molecule has 0 N–H and O–H groups in total. The Bertz CT molecular complexity index is 945. The van der Waals surface area contributed by atoms with Crippen molar-refractivity contribution in [2.75, 3.05) is 39.3 Å². The van der Waals surface area contributed by atoms with Crippen LogP contribution in [-0.4, -0.2) is 75.7 Å². The Morgan fingerprint density at radius 2 is 1.70 bits per heavy atom. The number of amides is 3. The number of benzene rings is 1. The zero-order chi connectivity index (χ0) is 21.3. The van der Waals surface area contributed by atoms with Crippen molar-refractivity contribution in [1.29, 1.82) is 0 Å². The molecule has 7 nitrogen and oxygen atoms in total. The summed E-state index contributed by atoms with van der Waals surface area (Å²) in [6.45, 7) is 7.26. The van der Waals surface area contributed by atoms with Gasteiger partial charge >= 0.3 is 6.03 Å². The Morgan fingerprint density at radius 1 is 1.03 bits per heavy atom. The van der Waals surface area contributed by atoms with Crippen LogP contribution in [0, 0.1) is 5.82 Å². The van der Waals surface area contributed by atoms with E-state index in [1.807, 2.05) is 13.8 Å². The number of nitrogens with zero attached hydrogens (tertiary/aromatic N) is 5. The molecule has 0 unspecified atom stereocenters. The van der Waals surface area contributed by atoms with Crippen LogP contribution in [0.5, 0.6) is 0 Å². The number of urea groups is 1. The van der Waals surface area contributed by atoms with Crippen LogP contribution in [0.2, 0.25) is 0 Å². The lowest BCUT2D eigenvalue weighted by Gasteiger charge is -2.37. The second-order valence-electron chi connectivity index (χ2n) is 7.72. The Kier molecular flexibility index (Phi) is 5.74. The summed E-state index contributed by atoms with van der Waals surface area (Å²) in [5, 5.41) is 4.54. The molecular formula is C22H28FN5O2. The number of hydrogen-bond donors (Lipinski definition) is 0. The standard InChI is InChI=1S/C22H28FN5O2/c1-3-25(4-2)22(30)27-14-12-26(13-15-27)21(29)20-16-8-7-11-18(16)28(24-20)19-10-6-5-9-17(19)23/h5-6,9-10H,3-4,7-8,11-15H2,1-2H3. The quantitative estimate of drug-likeness (QED) is 0.774. The lowest BCUT2D eigenvalue weighted by atomic mass is 10.1. The molecular weight excluding hydrogens is 385 g/mol. The molecule has 2 heterocycles. The molecule has 1 aromatic carbocycles. The van der Waals surface area contributed by atoms with Crippen molar-refractivity contribution < 1.29 is 14.0 Å². The first-order valence-electron chi connectivity index (χ1n) is 10.7. The van der Waals surface area contributed by atoms with Gasteiger partial charge in [0.1, 0.15) is 11.5 Å². The van der Waals surface area contributed by atoms with E-state index in [1.165, 1.54) is 6.07 Å². The Hall–Kier alpha value is -2.90. The van der Waals surface area contributed by atoms with Gasteiger partial charge in [0.15, 0.2) is 5.69 Å². The lowest BCUT2D eigenvalue weighted by molar-refractivity contribution is 0.0634. The van der Waals surface area contributed by atoms with Crippen LogP contribution in [0.4, 0.5) is 9.18 Å². The molecule has 1 aromatic heterocycles. The van der Waals surface area contributed by atoms with Crippen LogP contribution in [-0.2, 0) is 12.8 Å². The minimum Gasteiger partial charge on any atom is -0.334 e. The first-order chi connectivity index (χ1) is 14.5. The van der Waals surface area contributed by atoms with E-state index >= 15 is 0 Å². The number of rotatable bonds is 4. The van der Waals surface area contributed by atoms with E-state index in [4.69, 9.17) is 0 Å². The highest BCUT2D eigenvalue weighted by Gasteiger charge is 2.32. The predicted molar refractivity (Wildman–Crippen MR) is 111 cm³/mol. The van der Waals surface area contributed by atoms with Gasteiger partial charge in [-0.25, -0.2) is 13.9 Å². The van der Waals surface area contributed by atoms with Crippen molar-refractivity contribution in [3.8, 4) is 5.69 Å². The SMILES string of the molecule is CCN(CC)C(=O)N1CCN(C(=O)c2nn(-c3ccccc3F)c3c2CCC3)CC1. The molecule has 1 fully saturated rings. The van der Waals surface area contributed by atoms with Crippen LogP contribution in [0.15, 0.2) is 24.3 Å². The number of para-hydroxylation sites is 1. The van der Waals surface area contributed by atoms with Crippen molar-refractivity contribution in [3.63, 3.8) is 0 Å². The topological polar surface area (TPSA) is 61.7 Å². The van der Waals surface area contributed by atoms with Gasteiger partial charge in [-0.2, -0.15) is 5.10 Å². The maximum Gasteiger partial charge on any atom is 0.320 e. The van der Waals surface area contributed by atoms with Crippen LogP contribution < -0.4 is 0 Å². The highest BCUT2D eigenvalue weighted by atomic mass is 19.1. The molecule has 4 rings (SSSR count). The Balaban J connectivity index is 1.52. The van der Waals surface area contributed by atoms with Crippen LogP contribution in [0.1, 0.15) is 42.0 Å². The Morgan fingerprint density at radius 3 is 2.37 bits per heavy atom. The molecule has 1 aliphatic heterocycles. The molecule has 160 valence electrons. The molecule has 30 heavy (non-hydrogen) atoms. The van der Waals surface area contributed by atoms with Crippen molar-refractivity contribution in [2.24, 2.45) is 0 Å². The van der Waals surface area contributed by atoms with E-state index in [0.29, 0.717) is 50.6 Å². The van der Waals surface area contributed by atoms with E-state index in [0.717, 1.165) is 30.5 Å². The summed E-state index contributed by atoms with van der Waals surface area (Å²) in [5.74, 6) is -0.476. The summed E-state index contributed by atoms with van der Waals surface area (Å²) in [6.07, 6.45) is 2.51. The first kappa shape index (κ1) is 20.4. The third-order valence-electron chi connectivity index (χ3n) is 6.08. The summed E-state index contributed by atoms with van der Waals surface area (Å²) in [7, 11) is 0. The number of carbonyl (C=O) groups is 2. The highest BCUT2D eigenvalue weighted by Crippen LogP contribution is 2.29. The van der Waals surface area contributed by atoms with Crippen LogP contribution in [0.3, 0.4) is 0 Å². The molecule has 0 atom stereocenters. The van der Waals surface area contributed by atoms with Crippen molar-refractivity contribution in [1.82, 2.24) is 24.5 Å². The first-order valence-corrected chi connectivity index (χ1v) is 10.7. The van der Waals surface area contributed by atoms with Gasteiger partial charge in [0.2, 0.25) is 0 Å². The number of piperazine rings is 1. The van der Waals surface area contributed by atoms with E-state index in [-0.39, 0.29) is 17.8 Å². The third-order valence-corrected chi connectivity index (χ3v) is 6.08. The average Bonchev–Trinajstić information content (AvgIpc) is 3.38. The molecule has 2 aliphatic rings. The summed E-state index contributed by atoms with van der Waals surface area (Å²) >= 11 is 0. The summed E-state index contributed by atoms with van der Waals surface area (Å²) in [6, 6.07) is 6.54. The maximum atomic E-state index is 14.4. The fourth-order valence-electron chi connectivity index (χ4n) is 4.38. The molecule has 8 heteroatoms. The number of carbonyl (C=O) groups excluding carboxylic acids is 2. The molecule has 0 bridgehead atoms. The number of aromatic nitrogens is 2. The number of fused-ring (bicyclic) bond motifs is 1. The van der Waals surface area contributed by atoms with E-state index in [2.05, 4.69) is 5.10 Å². The summed E-state index contributed by atoms with van der Waals surface area (Å²) in [5.41, 5.74) is 2.67. The minimum absolute atomic E-state index is 0.0248. The van der Waals surface area contributed by atoms with Crippen molar-refractivity contribution in [2.45, 2.75) is 33.1 Å². The number of hydrogen-bond acceptors (Lipinski definition) is 3. The molecule has 3 amide bonds. The predicted octanol–water partition coefficient (Wildman–Crippen LogP) is 2.72. The monoisotopic (exact) mass is 413 g/mol. The van der Waals surface area contributed by atoms with Gasteiger partial charge < -0.3 is 14.7 Å². The smallest absolute Gasteiger partial charge is 0.320 e. The highest BCUT2D eigenvalue weighted by molar-refractivity contribution is 5.94. The lowest BCUT2D eigenvalue weighted by Crippen LogP contribution is -2.54. The molecule has 1 aliphatic carbocycles. The molecule has 0 spiro atoms. The van der Waals surface area contributed by atoms with Gasteiger partial charge in [-0.15, -0.1) is 0 Å². The van der Waals surface area contributed by atoms with Gasteiger partial charge in [-0.05, 0) is 45.2 Å². The van der Waals surface area contributed by atoms with E-state index < -0.39 is 0 Å². The van der Waals surface area contributed by atoms with Crippen LogP contribution in [0.25, 0.3) is 5.69 Å². The fraction of sp³-hybridized carbons (Fsp3) is 0.500. The minimum atomic E-state index is -0.350. The van der Waals surface area contributed by atoms with Gasteiger partial charge in [-0.3, -0.25) is 4.79 Å². The molecule has 1 saturated heterocycles. The van der Waals surface area contributed by atoms with Crippen molar-refractivity contribution in [3.05, 3.63) is 47.0 Å². The number of halogens is 1. The summed E-state index contributed by atoms with van der Waals surface area (Å²) < 4.78 is 16.0. The molecule has 2 aromatic rings. The average molecular weight is 413 g/mol. The summed E-state index contributed by atoms with van der Waals surface area (Å²) in [4.78, 5) is 31.2. The fourth-order valence-corrected chi connectivity index (χ4v) is 4.38. The van der Waals surface area contributed by atoms with Gasteiger partial charge in [0, 0.05) is 50.5 Å². The van der Waals surface area contributed by atoms with Crippen molar-refractivity contribution >= 4 is 11.9 Å².